The van der Waals surface area contributed by atoms with Crippen molar-refractivity contribution in [1.82, 2.24) is 0 Å². The number of carbonyl (C=O) groups is 3. The molecule has 0 aromatic heterocycles. The Kier molecular flexibility index (Phi) is 40.4. The third-order valence-electron chi connectivity index (χ3n) is 11.1. The van der Waals surface area contributed by atoms with Gasteiger partial charge in [0.1, 0.15) is 13.2 Å². The van der Waals surface area contributed by atoms with Gasteiger partial charge in [0, 0.05) is 19.3 Å². The van der Waals surface area contributed by atoms with Gasteiger partial charge >= 0.3 is 17.9 Å². The minimum absolute atomic E-state index is 0.0658. The number of ether oxygens (including phenoxy) is 3. The van der Waals surface area contributed by atoms with Gasteiger partial charge in [0.2, 0.25) is 0 Å². The molecule has 0 aromatic rings. The predicted octanol–water partition coefficient (Wildman–Crippen LogP) is 15.6. The molecule has 0 amide bonds. The van der Waals surface area contributed by atoms with Gasteiger partial charge in [-0.3, -0.25) is 14.4 Å². The van der Waals surface area contributed by atoms with Crippen LogP contribution in [0.25, 0.3) is 0 Å². The van der Waals surface area contributed by atoms with E-state index in [1.807, 2.05) is 0 Å². The maximum absolute atomic E-state index is 12.7. The summed E-state index contributed by atoms with van der Waals surface area (Å²) in [4.78, 5) is 37.8. The van der Waals surface area contributed by atoms with Crippen molar-refractivity contribution in [2.75, 3.05) is 13.2 Å². The van der Waals surface area contributed by atoms with Crippen LogP contribution in [0.5, 0.6) is 0 Å². The molecule has 0 radical (unpaired) electrons. The number of esters is 3. The second kappa shape index (κ2) is 41.6. The third kappa shape index (κ3) is 43.5. The van der Waals surface area contributed by atoms with E-state index in [-0.39, 0.29) is 31.1 Å². The lowest BCUT2D eigenvalue weighted by Gasteiger charge is -2.18. The Morgan fingerprint density at radius 1 is 0.304 bits per heavy atom. The molecular weight excluding hydrogens is 697 g/mol. The number of unbranched alkanes of at least 4 members (excludes halogenated alkanes) is 26. The van der Waals surface area contributed by atoms with E-state index in [1.165, 1.54) is 148 Å². The van der Waals surface area contributed by atoms with Crippen LogP contribution >= 0.6 is 0 Å². The molecule has 0 rings (SSSR count). The summed E-state index contributed by atoms with van der Waals surface area (Å²) in [6.07, 6.45) is 39.6. The van der Waals surface area contributed by atoms with E-state index in [0.717, 1.165) is 75.5 Å². The highest BCUT2D eigenvalue weighted by Gasteiger charge is 2.19. The fourth-order valence-electron chi connectivity index (χ4n) is 7.41. The largest absolute Gasteiger partial charge is 0.462 e. The lowest BCUT2D eigenvalue weighted by atomic mass is 10.0. The zero-order valence-corrected chi connectivity index (χ0v) is 38.4. The van der Waals surface area contributed by atoms with Crippen molar-refractivity contribution in [3.05, 3.63) is 0 Å². The summed E-state index contributed by atoms with van der Waals surface area (Å²) < 4.78 is 16.8. The molecule has 56 heavy (non-hydrogen) atoms. The van der Waals surface area contributed by atoms with Crippen molar-refractivity contribution < 1.29 is 28.6 Å². The van der Waals surface area contributed by atoms with Crippen molar-refractivity contribution in [2.24, 2.45) is 17.8 Å². The first kappa shape index (κ1) is 54.4. The number of rotatable bonds is 43. The molecule has 0 aliphatic carbocycles. The molecule has 0 bridgehead atoms. The Balaban J connectivity index is 4.30. The van der Waals surface area contributed by atoms with E-state index < -0.39 is 6.10 Å². The molecule has 0 saturated carbocycles. The molecule has 0 fully saturated rings. The topological polar surface area (TPSA) is 78.9 Å². The van der Waals surface area contributed by atoms with E-state index in [4.69, 9.17) is 14.2 Å². The number of hydrogen-bond acceptors (Lipinski definition) is 6. The van der Waals surface area contributed by atoms with Crippen molar-refractivity contribution in [2.45, 2.75) is 272 Å². The fourth-order valence-corrected chi connectivity index (χ4v) is 7.41. The van der Waals surface area contributed by atoms with E-state index in [9.17, 15) is 14.4 Å². The standard InChI is InChI=1S/C50H96O6/c1-44(2)36-30-24-18-14-10-7-8-12-17-21-29-35-41-50(53)56-47(43-55-49(52)40-34-28-23-22-26-32-38-46(5)6)42-54-48(51)39-33-27-20-16-13-9-11-15-19-25-31-37-45(3)4/h44-47H,7-43H2,1-6H3/t47-/m1/s1. The van der Waals surface area contributed by atoms with Crippen molar-refractivity contribution >= 4 is 17.9 Å². The first-order valence-electron chi connectivity index (χ1n) is 24.6. The molecule has 0 saturated heterocycles. The second-order valence-corrected chi connectivity index (χ2v) is 18.5. The van der Waals surface area contributed by atoms with Gasteiger partial charge < -0.3 is 14.2 Å². The Bertz CT molecular complexity index is 868. The van der Waals surface area contributed by atoms with Gasteiger partial charge in [-0.05, 0) is 37.0 Å². The summed E-state index contributed by atoms with van der Waals surface area (Å²) in [6.45, 7) is 13.6. The average molecular weight is 793 g/mol. The SMILES string of the molecule is CC(C)CCCCCCCCCCCCCCC(=O)O[C@H](COC(=O)CCCCCCCCCCCCCC(C)C)COC(=O)CCCCCCCCC(C)C. The highest BCUT2D eigenvalue weighted by molar-refractivity contribution is 5.71. The average Bonchev–Trinajstić information content (AvgIpc) is 3.15. The summed E-state index contributed by atoms with van der Waals surface area (Å²) in [7, 11) is 0. The molecule has 1 atom stereocenters. The van der Waals surface area contributed by atoms with E-state index >= 15 is 0 Å². The maximum atomic E-state index is 12.7. The van der Waals surface area contributed by atoms with Crippen molar-refractivity contribution in [3.8, 4) is 0 Å². The number of hydrogen-bond donors (Lipinski definition) is 0. The lowest BCUT2D eigenvalue weighted by Crippen LogP contribution is -2.30. The molecular formula is C50H96O6. The van der Waals surface area contributed by atoms with Crippen LogP contribution in [-0.2, 0) is 28.6 Å². The van der Waals surface area contributed by atoms with E-state index in [0.29, 0.717) is 19.3 Å². The highest BCUT2D eigenvalue weighted by Crippen LogP contribution is 2.17. The minimum atomic E-state index is -0.762. The van der Waals surface area contributed by atoms with E-state index in [1.54, 1.807) is 0 Å². The van der Waals surface area contributed by atoms with Crippen LogP contribution in [-0.4, -0.2) is 37.2 Å². The van der Waals surface area contributed by atoms with Gasteiger partial charge in [-0.15, -0.1) is 0 Å². The van der Waals surface area contributed by atoms with Crippen molar-refractivity contribution in [3.63, 3.8) is 0 Å². The molecule has 332 valence electrons. The minimum Gasteiger partial charge on any atom is -0.462 e. The summed E-state index contributed by atoms with van der Waals surface area (Å²) in [6, 6.07) is 0. The summed E-state index contributed by atoms with van der Waals surface area (Å²) in [5, 5.41) is 0. The second-order valence-electron chi connectivity index (χ2n) is 18.5. The van der Waals surface area contributed by atoms with Gasteiger partial charge in [-0.2, -0.15) is 0 Å². The van der Waals surface area contributed by atoms with Crippen LogP contribution in [0.1, 0.15) is 266 Å². The Labute approximate surface area is 348 Å². The smallest absolute Gasteiger partial charge is 0.306 e. The van der Waals surface area contributed by atoms with Gasteiger partial charge in [0.25, 0.3) is 0 Å². The van der Waals surface area contributed by atoms with Gasteiger partial charge in [-0.25, -0.2) is 0 Å². The maximum Gasteiger partial charge on any atom is 0.306 e. The van der Waals surface area contributed by atoms with Gasteiger partial charge in [0.15, 0.2) is 6.10 Å². The third-order valence-corrected chi connectivity index (χ3v) is 11.1. The molecule has 6 heteroatoms. The van der Waals surface area contributed by atoms with Crippen molar-refractivity contribution in [1.29, 1.82) is 0 Å². The molecule has 0 N–H and O–H groups in total. The molecule has 0 aliphatic rings. The molecule has 6 nitrogen and oxygen atoms in total. The quantitative estimate of drug-likeness (QED) is 0.0348. The van der Waals surface area contributed by atoms with Crippen LogP contribution in [0.15, 0.2) is 0 Å². The summed E-state index contributed by atoms with van der Waals surface area (Å²) in [5.74, 6) is 1.56. The molecule has 0 aliphatic heterocycles. The molecule has 0 aromatic carbocycles. The zero-order valence-electron chi connectivity index (χ0n) is 38.4. The predicted molar refractivity (Wildman–Crippen MR) is 238 cm³/mol. The van der Waals surface area contributed by atoms with Crippen LogP contribution in [0.3, 0.4) is 0 Å². The fraction of sp³-hybridized carbons (Fsp3) is 0.940. The van der Waals surface area contributed by atoms with E-state index in [2.05, 4.69) is 41.5 Å². The normalized spacial score (nSPS) is 12.2. The molecule has 0 unspecified atom stereocenters. The first-order chi connectivity index (χ1) is 27.1. The zero-order chi connectivity index (χ0) is 41.3. The Morgan fingerprint density at radius 3 is 0.768 bits per heavy atom. The van der Waals surface area contributed by atoms with Crippen LogP contribution < -0.4 is 0 Å². The number of carbonyl (C=O) groups excluding carboxylic acids is 3. The Morgan fingerprint density at radius 2 is 0.518 bits per heavy atom. The molecule has 0 heterocycles. The van der Waals surface area contributed by atoms with Crippen LogP contribution in [0.2, 0.25) is 0 Å². The van der Waals surface area contributed by atoms with Gasteiger partial charge in [-0.1, -0.05) is 228 Å². The lowest BCUT2D eigenvalue weighted by molar-refractivity contribution is -0.167. The molecule has 0 spiro atoms. The van der Waals surface area contributed by atoms with Crippen LogP contribution in [0, 0.1) is 17.8 Å². The van der Waals surface area contributed by atoms with Gasteiger partial charge in [0.05, 0.1) is 0 Å². The highest BCUT2D eigenvalue weighted by atomic mass is 16.6. The monoisotopic (exact) mass is 793 g/mol. The Hall–Kier alpha value is -1.59. The van der Waals surface area contributed by atoms with Crippen LogP contribution in [0.4, 0.5) is 0 Å². The summed E-state index contributed by atoms with van der Waals surface area (Å²) >= 11 is 0. The first-order valence-corrected chi connectivity index (χ1v) is 24.6. The summed E-state index contributed by atoms with van der Waals surface area (Å²) in [5.41, 5.74) is 0.